The van der Waals surface area contributed by atoms with Gasteiger partial charge in [-0.3, -0.25) is 0 Å². The quantitative estimate of drug-likeness (QED) is 0.598. The van der Waals surface area contributed by atoms with E-state index >= 15 is 0 Å². The summed E-state index contributed by atoms with van der Waals surface area (Å²) in [6.07, 6.45) is 7.27. The SMILES string of the molecule is COc1ccc(CC(=S)NCCCn2ccnc2)cc1OC. The first-order valence-electron chi connectivity index (χ1n) is 7.16. The Kier molecular flexibility index (Phi) is 6.21. The highest BCUT2D eigenvalue weighted by atomic mass is 32.1. The van der Waals surface area contributed by atoms with Crippen molar-refractivity contribution in [2.45, 2.75) is 19.4 Å². The number of ether oxygens (including phenoxy) is 2. The van der Waals surface area contributed by atoms with E-state index in [-0.39, 0.29) is 0 Å². The highest BCUT2D eigenvalue weighted by Crippen LogP contribution is 2.27. The average Bonchev–Trinajstić information content (AvgIpc) is 3.04. The molecule has 6 heteroatoms. The minimum Gasteiger partial charge on any atom is -0.493 e. The van der Waals surface area contributed by atoms with E-state index in [4.69, 9.17) is 21.7 Å². The number of rotatable bonds is 8. The van der Waals surface area contributed by atoms with Crippen molar-refractivity contribution in [1.82, 2.24) is 14.9 Å². The second-order valence-corrected chi connectivity index (χ2v) is 5.36. The smallest absolute Gasteiger partial charge is 0.160 e. The first kappa shape index (κ1) is 16.3. The number of nitrogens with one attached hydrogen (secondary N) is 1. The van der Waals surface area contributed by atoms with E-state index in [0.29, 0.717) is 6.42 Å². The Labute approximate surface area is 136 Å². The van der Waals surface area contributed by atoms with Crippen molar-refractivity contribution in [3.63, 3.8) is 0 Å². The standard InChI is InChI=1S/C16H21N3O2S/c1-20-14-5-4-13(10-15(14)21-2)11-16(22)18-6-3-8-19-9-7-17-12-19/h4-5,7,9-10,12H,3,6,8,11H2,1-2H3,(H,18,22). The maximum Gasteiger partial charge on any atom is 0.160 e. The Balaban J connectivity index is 1.76. The molecule has 1 heterocycles. The molecule has 0 radical (unpaired) electrons. The molecule has 1 N–H and O–H groups in total. The molecule has 0 atom stereocenters. The highest BCUT2D eigenvalue weighted by Gasteiger charge is 2.06. The summed E-state index contributed by atoms with van der Waals surface area (Å²) in [6.45, 7) is 1.79. The van der Waals surface area contributed by atoms with Crippen LogP contribution in [0.25, 0.3) is 0 Å². The number of methoxy groups -OCH3 is 2. The number of benzene rings is 1. The molecule has 0 bridgehead atoms. The van der Waals surface area contributed by atoms with Gasteiger partial charge in [0.05, 0.1) is 25.5 Å². The highest BCUT2D eigenvalue weighted by molar-refractivity contribution is 7.80. The number of hydrogen-bond donors (Lipinski definition) is 1. The van der Waals surface area contributed by atoms with Crippen LogP contribution in [0.2, 0.25) is 0 Å². The van der Waals surface area contributed by atoms with Gasteiger partial charge in [-0.2, -0.15) is 0 Å². The maximum atomic E-state index is 5.39. The molecule has 1 aromatic carbocycles. The minimum absolute atomic E-state index is 0.695. The summed E-state index contributed by atoms with van der Waals surface area (Å²) in [6, 6.07) is 5.86. The second kappa shape index (κ2) is 8.38. The predicted molar refractivity (Wildman–Crippen MR) is 90.7 cm³/mol. The van der Waals surface area contributed by atoms with Gasteiger partial charge in [0.2, 0.25) is 0 Å². The molecule has 0 amide bonds. The first-order chi connectivity index (χ1) is 10.7. The molecule has 2 aromatic rings. The summed E-state index contributed by atoms with van der Waals surface area (Å²) in [7, 11) is 3.26. The first-order valence-corrected chi connectivity index (χ1v) is 7.57. The van der Waals surface area contributed by atoms with Crippen LogP contribution < -0.4 is 14.8 Å². The number of aryl methyl sites for hydroxylation is 1. The molecular weight excluding hydrogens is 298 g/mol. The van der Waals surface area contributed by atoms with Gasteiger partial charge in [-0.05, 0) is 24.1 Å². The second-order valence-electron chi connectivity index (χ2n) is 4.87. The van der Waals surface area contributed by atoms with Gasteiger partial charge in [0.25, 0.3) is 0 Å². The predicted octanol–water partition coefficient (Wildman–Crippen LogP) is 2.45. The maximum absolute atomic E-state index is 5.39. The van der Waals surface area contributed by atoms with Gasteiger partial charge >= 0.3 is 0 Å². The van der Waals surface area contributed by atoms with Crippen molar-refractivity contribution < 1.29 is 9.47 Å². The van der Waals surface area contributed by atoms with E-state index in [2.05, 4.69) is 14.9 Å². The largest absolute Gasteiger partial charge is 0.493 e. The number of aromatic nitrogens is 2. The summed E-state index contributed by atoms with van der Waals surface area (Å²) in [4.78, 5) is 4.85. The molecule has 1 aromatic heterocycles. The van der Waals surface area contributed by atoms with E-state index < -0.39 is 0 Å². The summed E-state index contributed by atoms with van der Waals surface area (Å²) >= 11 is 5.39. The zero-order valence-electron chi connectivity index (χ0n) is 12.9. The van der Waals surface area contributed by atoms with Crippen molar-refractivity contribution in [3.8, 4) is 11.5 Å². The summed E-state index contributed by atoms with van der Waals surface area (Å²) < 4.78 is 12.6. The van der Waals surface area contributed by atoms with Crippen molar-refractivity contribution in [1.29, 1.82) is 0 Å². The van der Waals surface area contributed by atoms with Gasteiger partial charge in [-0.1, -0.05) is 18.3 Å². The third kappa shape index (κ3) is 4.73. The summed E-state index contributed by atoms with van der Waals surface area (Å²) in [5, 5.41) is 3.29. The third-order valence-corrected chi connectivity index (χ3v) is 3.58. The Morgan fingerprint density at radius 2 is 2.09 bits per heavy atom. The Morgan fingerprint density at radius 1 is 1.27 bits per heavy atom. The van der Waals surface area contributed by atoms with Crippen LogP contribution in [0, 0.1) is 0 Å². The van der Waals surface area contributed by atoms with Crippen LogP contribution in [0.5, 0.6) is 11.5 Å². The molecule has 0 aliphatic carbocycles. The van der Waals surface area contributed by atoms with E-state index in [1.54, 1.807) is 20.4 Å². The van der Waals surface area contributed by atoms with Crippen LogP contribution in [0.4, 0.5) is 0 Å². The lowest BCUT2D eigenvalue weighted by molar-refractivity contribution is 0.354. The molecule has 0 aliphatic rings. The molecule has 0 aliphatic heterocycles. The van der Waals surface area contributed by atoms with Gasteiger partial charge in [0, 0.05) is 31.9 Å². The van der Waals surface area contributed by atoms with E-state index in [1.165, 1.54) is 0 Å². The number of hydrogen-bond acceptors (Lipinski definition) is 4. The van der Waals surface area contributed by atoms with Crippen LogP contribution >= 0.6 is 12.2 Å². The van der Waals surface area contributed by atoms with Gasteiger partial charge < -0.3 is 19.4 Å². The van der Waals surface area contributed by atoms with E-state index in [0.717, 1.165) is 41.6 Å². The number of nitrogens with zero attached hydrogens (tertiary/aromatic N) is 2. The average molecular weight is 319 g/mol. The van der Waals surface area contributed by atoms with Crippen LogP contribution in [0.1, 0.15) is 12.0 Å². The molecule has 0 saturated heterocycles. The van der Waals surface area contributed by atoms with Crippen molar-refractivity contribution >= 4 is 17.2 Å². The number of imidazole rings is 1. The molecule has 22 heavy (non-hydrogen) atoms. The Morgan fingerprint density at radius 3 is 2.77 bits per heavy atom. The van der Waals surface area contributed by atoms with E-state index in [9.17, 15) is 0 Å². The third-order valence-electron chi connectivity index (χ3n) is 3.29. The lowest BCUT2D eigenvalue weighted by atomic mass is 10.1. The zero-order valence-corrected chi connectivity index (χ0v) is 13.7. The lowest BCUT2D eigenvalue weighted by Crippen LogP contribution is -2.25. The topological polar surface area (TPSA) is 48.3 Å². The zero-order chi connectivity index (χ0) is 15.8. The molecule has 5 nitrogen and oxygen atoms in total. The summed E-state index contributed by atoms with van der Waals surface area (Å²) in [5.74, 6) is 1.45. The Hall–Kier alpha value is -2.08. The van der Waals surface area contributed by atoms with Crippen LogP contribution in [-0.2, 0) is 13.0 Å². The van der Waals surface area contributed by atoms with Gasteiger partial charge in [0.15, 0.2) is 11.5 Å². The molecule has 0 saturated carbocycles. The van der Waals surface area contributed by atoms with Gasteiger partial charge in [0.1, 0.15) is 0 Å². The molecule has 2 rings (SSSR count). The minimum atomic E-state index is 0.695. The summed E-state index contributed by atoms with van der Waals surface area (Å²) in [5.41, 5.74) is 1.10. The molecule has 0 fully saturated rings. The molecular formula is C16H21N3O2S. The normalized spacial score (nSPS) is 10.3. The fourth-order valence-electron chi connectivity index (χ4n) is 2.15. The van der Waals surface area contributed by atoms with Crippen LogP contribution in [-0.4, -0.2) is 35.3 Å². The molecule has 0 unspecified atom stereocenters. The van der Waals surface area contributed by atoms with E-state index in [1.807, 2.05) is 30.7 Å². The molecule has 118 valence electrons. The molecule has 0 spiro atoms. The monoisotopic (exact) mass is 319 g/mol. The number of thiocarbonyl (C=S) groups is 1. The lowest BCUT2D eigenvalue weighted by Gasteiger charge is -2.11. The van der Waals surface area contributed by atoms with Crippen molar-refractivity contribution in [2.24, 2.45) is 0 Å². The van der Waals surface area contributed by atoms with Crippen molar-refractivity contribution in [2.75, 3.05) is 20.8 Å². The fourth-order valence-corrected chi connectivity index (χ4v) is 2.42. The van der Waals surface area contributed by atoms with Gasteiger partial charge in [-0.25, -0.2) is 4.98 Å². The Bertz CT molecular complexity index is 599. The van der Waals surface area contributed by atoms with Crippen LogP contribution in [0.15, 0.2) is 36.9 Å². The fraction of sp³-hybridized carbons (Fsp3) is 0.375. The van der Waals surface area contributed by atoms with Crippen molar-refractivity contribution in [3.05, 3.63) is 42.5 Å². The van der Waals surface area contributed by atoms with Crippen LogP contribution in [0.3, 0.4) is 0 Å². The van der Waals surface area contributed by atoms with Gasteiger partial charge in [-0.15, -0.1) is 0 Å².